The molecule has 6 heteroatoms. The Morgan fingerprint density at radius 3 is 2.41 bits per heavy atom. The van der Waals surface area contributed by atoms with E-state index in [-0.39, 0.29) is 17.2 Å². The largest absolute Gasteiger partial charge is 0.254 e. The molecule has 17 heavy (non-hydrogen) atoms. The van der Waals surface area contributed by atoms with E-state index < -0.39 is 21.0 Å². The number of rotatable bonds is 2. The molecule has 1 atom stereocenters. The van der Waals surface area contributed by atoms with Crippen molar-refractivity contribution >= 4 is 21.0 Å². The van der Waals surface area contributed by atoms with Crippen molar-refractivity contribution in [2.75, 3.05) is 12.3 Å². The van der Waals surface area contributed by atoms with E-state index in [4.69, 9.17) is 0 Å². The highest BCUT2D eigenvalue weighted by atomic mass is 32.3. The van der Waals surface area contributed by atoms with Crippen LogP contribution in [0.2, 0.25) is 0 Å². The van der Waals surface area contributed by atoms with E-state index in [9.17, 15) is 12.6 Å². The lowest BCUT2D eigenvalue weighted by molar-refractivity contribution is 0.543. The van der Waals surface area contributed by atoms with Crippen molar-refractivity contribution < 1.29 is 12.6 Å². The summed E-state index contributed by atoms with van der Waals surface area (Å²) in [6, 6.07) is 6.55. The van der Waals surface area contributed by atoms with Gasteiger partial charge in [-0.25, -0.2) is 12.6 Å². The standard InChI is InChI=1S/C11H13NO3S2/c1-10-4-6-11(7-5-10)17(14,15)12-8-2-3-9-16(12)13/h2-7H,8-9H2,1H3. The van der Waals surface area contributed by atoms with Crippen molar-refractivity contribution in [1.29, 1.82) is 0 Å². The molecule has 1 aromatic rings. The molecular weight excluding hydrogens is 258 g/mol. The van der Waals surface area contributed by atoms with Gasteiger partial charge in [0.15, 0.2) is 0 Å². The number of hydrogen-bond acceptors (Lipinski definition) is 3. The summed E-state index contributed by atoms with van der Waals surface area (Å²) in [6.45, 7) is 2.06. The molecule has 0 amide bonds. The number of benzene rings is 1. The van der Waals surface area contributed by atoms with E-state index in [1.165, 1.54) is 0 Å². The third-order valence-corrected chi connectivity index (χ3v) is 6.20. The van der Waals surface area contributed by atoms with E-state index in [2.05, 4.69) is 0 Å². The van der Waals surface area contributed by atoms with Crippen LogP contribution in [0.15, 0.2) is 41.3 Å². The van der Waals surface area contributed by atoms with Gasteiger partial charge in [-0.05, 0) is 19.1 Å². The van der Waals surface area contributed by atoms with Crippen LogP contribution in [0.25, 0.3) is 0 Å². The Bertz CT molecular complexity index is 561. The molecule has 1 heterocycles. The van der Waals surface area contributed by atoms with Gasteiger partial charge in [-0.3, -0.25) is 0 Å². The lowest BCUT2D eigenvalue weighted by Crippen LogP contribution is -2.36. The maximum atomic E-state index is 12.2. The van der Waals surface area contributed by atoms with Crippen LogP contribution in [0.3, 0.4) is 0 Å². The van der Waals surface area contributed by atoms with Crippen LogP contribution in [-0.4, -0.2) is 28.6 Å². The van der Waals surface area contributed by atoms with Crippen LogP contribution >= 0.6 is 0 Å². The highest BCUT2D eigenvalue weighted by Crippen LogP contribution is 2.19. The van der Waals surface area contributed by atoms with Crippen LogP contribution in [0.4, 0.5) is 0 Å². The number of hydrogen-bond donors (Lipinski definition) is 0. The molecule has 1 unspecified atom stereocenters. The zero-order chi connectivity index (χ0) is 12.5. The molecule has 1 aliphatic rings. The third kappa shape index (κ3) is 2.48. The Morgan fingerprint density at radius 2 is 1.82 bits per heavy atom. The zero-order valence-electron chi connectivity index (χ0n) is 9.37. The normalized spacial score (nSPS) is 21.6. The first-order valence-corrected chi connectivity index (χ1v) is 7.86. The summed E-state index contributed by atoms with van der Waals surface area (Å²) in [5, 5.41) is 0. The first-order valence-electron chi connectivity index (χ1n) is 5.15. The molecule has 4 nitrogen and oxygen atoms in total. The van der Waals surface area contributed by atoms with Crippen LogP contribution < -0.4 is 0 Å². The average molecular weight is 271 g/mol. The monoisotopic (exact) mass is 271 g/mol. The fraction of sp³-hybridized carbons (Fsp3) is 0.273. The average Bonchev–Trinajstić information content (AvgIpc) is 2.30. The van der Waals surface area contributed by atoms with Gasteiger partial charge in [0.25, 0.3) is 10.0 Å². The van der Waals surface area contributed by atoms with Gasteiger partial charge in [0, 0.05) is 6.54 Å². The Morgan fingerprint density at radius 1 is 1.18 bits per heavy atom. The summed E-state index contributed by atoms with van der Waals surface area (Å²) in [7, 11) is -5.14. The molecule has 0 aliphatic carbocycles. The third-order valence-electron chi connectivity index (χ3n) is 2.47. The van der Waals surface area contributed by atoms with Crippen LogP contribution in [0.1, 0.15) is 5.56 Å². The van der Waals surface area contributed by atoms with Crippen LogP contribution in [-0.2, 0) is 21.0 Å². The highest BCUT2D eigenvalue weighted by molar-refractivity contribution is 8.01. The predicted molar refractivity (Wildman–Crippen MR) is 67.2 cm³/mol. The number of aryl methyl sites for hydroxylation is 1. The zero-order valence-corrected chi connectivity index (χ0v) is 11.0. The van der Waals surface area contributed by atoms with E-state index in [0.29, 0.717) is 0 Å². The van der Waals surface area contributed by atoms with Gasteiger partial charge in [-0.1, -0.05) is 29.8 Å². The maximum absolute atomic E-state index is 12.2. The Kier molecular flexibility index (Phi) is 3.46. The topological polar surface area (TPSA) is 54.5 Å². The van der Waals surface area contributed by atoms with E-state index in [1.54, 1.807) is 36.4 Å². The molecule has 2 rings (SSSR count). The van der Waals surface area contributed by atoms with Crippen LogP contribution in [0.5, 0.6) is 0 Å². The van der Waals surface area contributed by atoms with Gasteiger partial charge in [0.2, 0.25) is 0 Å². The lowest BCUT2D eigenvalue weighted by atomic mass is 10.2. The van der Waals surface area contributed by atoms with Crippen molar-refractivity contribution in [3.8, 4) is 0 Å². The van der Waals surface area contributed by atoms with Gasteiger partial charge >= 0.3 is 0 Å². The predicted octanol–water partition coefficient (Wildman–Crippen LogP) is 1.22. The molecule has 0 radical (unpaired) electrons. The second kappa shape index (κ2) is 4.72. The minimum atomic E-state index is -3.65. The molecular formula is C11H13NO3S2. The smallest absolute Gasteiger partial charge is 0.241 e. The quantitative estimate of drug-likeness (QED) is 0.760. The first-order chi connectivity index (χ1) is 8.01. The molecule has 92 valence electrons. The van der Waals surface area contributed by atoms with E-state index in [0.717, 1.165) is 9.27 Å². The molecule has 0 saturated heterocycles. The molecule has 0 N–H and O–H groups in total. The van der Waals surface area contributed by atoms with Gasteiger partial charge in [0.1, 0.15) is 11.0 Å². The van der Waals surface area contributed by atoms with E-state index in [1.807, 2.05) is 6.92 Å². The van der Waals surface area contributed by atoms with Crippen molar-refractivity contribution in [2.24, 2.45) is 0 Å². The molecule has 1 aliphatic heterocycles. The Balaban J connectivity index is 2.39. The first kappa shape index (κ1) is 12.5. The summed E-state index contributed by atoms with van der Waals surface area (Å²) >= 11 is 0. The molecule has 1 aromatic carbocycles. The minimum Gasteiger partial charge on any atom is -0.241 e. The summed E-state index contributed by atoms with van der Waals surface area (Å²) in [5.41, 5.74) is 0.989. The SMILES string of the molecule is Cc1ccc(S(=O)(=O)N2CC=CCS2=O)cc1. The summed E-state index contributed by atoms with van der Waals surface area (Å²) < 4.78 is 37.1. The summed E-state index contributed by atoms with van der Waals surface area (Å²) in [5.74, 6) is 0.255. The summed E-state index contributed by atoms with van der Waals surface area (Å²) in [4.78, 5) is 0.187. The van der Waals surface area contributed by atoms with Gasteiger partial charge in [0.05, 0.1) is 10.6 Å². The van der Waals surface area contributed by atoms with Crippen LogP contribution in [0, 0.1) is 6.92 Å². The Labute approximate surface area is 104 Å². The lowest BCUT2D eigenvalue weighted by Gasteiger charge is -2.21. The number of nitrogens with zero attached hydrogens (tertiary/aromatic N) is 1. The molecule has 0 bridgehead atoms. The van der Waals surface area contributed by atoms with Gasteiger partial charge in [-0.15, -0.1) is 3.71 Å². The second-order valence-corrected chi connectivity index (χ2v) is 7.27. The Hall–Kier alpha value is -0.980. The molecule has 0 aromatic heterocycles. The minimum absolute atomic E-state index is 0.169. The highest BCUT2D eigenvalue weighted by Gasteiger charge is 2.29. The van der Waals surface area contributed by atoms with E-state index >= 15 is 0 Å². The van der Waals surface area contributed by atoms with Crippen molar-refractivity contribution in [2.45, 2.75) is 11.8 Å². The second-order valence-electron chi connectivity index (χ2n) is 3.76. The molecule has 0 spiro atoms. The van der Waals surface area contributed by atoms with Crippen molar-refractivity contribution in [1.82, 2.24) is 3.71 Å². The van der Waals surface area contributed by atoms with Crippen molar-refractivity contribution in [3.05, 3.63) is 42.0 Å². The van der Waals surface area contributed by atoms with Gasteiger partial charge < -0.3 is 0 Å². The molecule has 0 fully saturated rings. The summed E-state index contributed by atoms with van der Waals surface area (Å²) in [6.07, 6.45) is 3.45. The maximum Gasteiger partial charge on any atom is 0.254 e. The molecule has 0 saturated carbocycles. The number of sulfonamides is 1. The van der Waals surface area contributed by atoms with Gasteiger partial charge in [-0.2, -0.15) is 0 Å². The fourth-order valence-electron chi connectivity index (χ4n) is 1.51. The van der Waals surface area contributed by atoms with Crippen molar-refractivity contribution in [3.63, 3.8) is 0 Å². The fourth-order valence-corrected chi connectivity index (χ4v) is 4.55.